The van der Waals surface area contributed by atoms with Gasteiger partial charge in [-0.1, -0.05) is 74.5 Å². The van der Waals surface area contributed by atoms with Crippen LogP contribution in [0.25, 0.3) is 0 Å². The van der Waals surface area contributed by atoms with Crippen LogP contribution in [0.15, 0.2) is 72.8 Å². The number of hydrogen-bond donors (Lipinski definition) is 1. The largest absolute Gasteiger partial charge is 0.493 e. The van der Waals surface area contributed by atoms with Gasteiger partial charge in [-0.2, -0.15) is 0 Å². The van der Waals surface area contributed by atoms with Gasteiger partial charge in [0.25, 0.3) is 5.91 Å². The Bertz CT molecular complexity index is 1190. The van der Waals surface area contributed by atoms with Crippen LogP contribution in [0.1, 0.15) is 41.8 Å². The van der Waals surface area contributed by atoms with E-state index in [1.54, 1.807) is 4.90 Å². The van der Waals surface area contributed by atoms with Gasteiger partial charge in [0.15, 0.2) is 18.1 Å². The second-order valence-electron chi connectivity index (χ2n) is 9.20. The van der Waals surface area contributed by atoms with Crippen molar-refractivity contribution in [3.63, 3.8) is 0 Å². The Morgan fingerprint density at radius 1 is 0.816 bits per heavy atom. The van der Waals surface area contributed by atoms with Gasteiger partial charge in [0.2, 0.25) is 5.91 Å². The average molecular weight is 519 g/mol. The van der Waals surface area contributed by atoms with E-state index in [2.05, 4.69) is 5.32 Å². The van der Waals surface area contributed by atoms with E-state index in [4.69, 9.17) is 14.2 Å². The molecular weight excluding hydrogens is 484 g/mol. The minimum absolute atomic E-state index is 0.0604. The molecule has 0 aliphatic heterocycles. The highest BCUT2D eigenvalue weighted by Gasteiger charge is 2.22. The lowest BCUT2D eigenvalue weighted by molar-refractivity contribution is -0.135. The Morgan fingerprint density at radius 2 is 1.34 bits per heavy atom. The Morgan fingerprint density at radius 3 is 1.84 bits per heavy atom. The van der Waals surface area contributed by atoms with Gasteiger partial charge in [-0.15, -0.1) is 0 Å². The third-order valence-electron chi connectivity index (χ3n) is 5.72. The van der Waals surface area contributed by atoms with Crippen molar-refractivity contribution < 1.29 is 28.6 Å². The predicted molar refractivity (Wildman–Crippen MR) is 145 cm³/mol. The lowest BCUT2D eigenvalue weighted by Gasteiger charge is -2.23. The van der Waals surface area contributed by atoms with E-state index in [9.17, 15) is 14.4 Å². The molecule has 0 saturated carbocycles. The third kappa shape index (κ3) is 8.09. The lowest BCUT2D eigenvalue weighted by Crippen LogP contribution is -2.34. The Balaban J connectivity index is 1.79. The Hall–Kier alpha value is -4.33. The van der Waals surface area contributed by atoms with Gasteiger partial charge in [0, 0.05) is 31.6 Å². The summed E-state index contributed by atoms with van der Waals surface area (Å²) in [6.45, 7) is 4.10. The second-order valence-corrected chi connectivity index (χ2v) is 9.20. The molecule has 8 nitrogen and oxygen atoms in total. The van der Waals surface area contributed by atoms with E-state index in [0.29, 0.717) is 24.6 Å². The van der Waals surface area contributed by atoms with Gasteiger partial charge in [0.1, 0.15) is 0 Å². The molecule has 0 fully saturated rings. The molecule has 0 aromatic heterocycles. The predicted octanol–water partition coefficient (Wildman–Crippen LogP) is 5.07. The monoisotopic (exact) mass is 518 g/mol. The van der Waals surface area contributed by atoms with Crippen LogP contribution >= 0.6 is 0 Å². The Labute approximate surface area is 223 Å². The van der Waals surface area contributed by atoms with Gasteiger partial charge in [-0.05, 0) is 17.0 Å². The molecule has 38 heavy (non-hydrogen) atoms. The van der Waals surface area contributed by atoms with E-state index in [1.807, 2.05) is 74.5 Å². The summed E-state index contributed by atoms with van der Waals surface area (Å²) in [5, 5.41) is 2.75. The normalized spacial score (nSPS) is 10.6. The maximum atomic E-state index is 13.2. The van der Waals surface area contributed by atoms with Crippen LogP contribution in [0.3, 0.4) is 0 Å². The summed E-state index contributed by atoms with van der Waals surface area (Å²) >= 11 is 0. The number of anilines is 1. The lowest BCUT2D eigenvalue weighted by atomic mass is 10.1. The second kappa shape index (κ2) is 13.8. The molecule has 200 valence electrons. The molecule has 0 heterocycles. The molecular formula is C30H34N2O6. The summed E-state index contributed by atoms with van der Waals surface area (Å²) in [7, 11) is 2.90. The molecule has 8 heteroatoms. The maximum absolute atomic E-state index is 13.2. The summed E-state index contributed by atoms with van der Waals surface area (Å²) in [4.78, 5) is 40.5. The number of methoxy groups -OCH3 is 2. The van der Waals surface area contributed by atoms with E-state index >= 15 is 0 Å². The van der Waals surface area contributed by atoms with Gasteiger partial charge >= 0.3 is 5.97 Å². The van der Waals surface area contributed by atoms with Crippen molar-refractivity contribution >= 4 is 23.5 Å². The standard InChI is InChI=1S/C30H34N2O6/c1-21(2)15-28(33)31-25-17-27(37-4)26(36-3)16-24(25)30(35)38-20-29(34)32(18-22-11-7-5-8-12-22)19-23-13-9-6-10-14-23/h5-14,16-17,21H,15,18-20H2,1-4H3,(H,31,33). The first-order valence-electron chi connectivity index (χ1n) is 12.4. The number of amides is 2. The molecule has 0 unspecified atom stereocenters. The van der Waals surface area contributed by atoms with Crippen LogP contribution in [0.5, 0.6) is 11.5 Å². The molecule has 0 saturated heterocycles. The minimum atomic E-state index is -0.765. The van der Waals surface area contributed by atoms with Crippen molar-refractivity contribution in [2.24, 2.45) is 5.92 Å². The zero-order valence-corrected chi connectivity index (χ0v) is 22.2. The van der Waals surface area contributed by atoms with E-state index < -0.39 is 12.6 Å². The van der Waals surface area contributed by atoms with Crippen LogP contribution in [0.4, 0.5) is 5.69 Å². The summed E-state index contributed by atoms with van der Waals surface area (Å²) < 4.78 is 16.1. The summed E-state index contributed by atoms with van der Waals surface area (Å²) in [5.41, 5.74) is 2.19. The topological polar surface area (TPSA) is 94.2 Å². The van der Waals surface area contributed by atoms with Gasteiger partial charge < -0.3 is 24.4 Å². The molecule has 3 aromatic carbocycles. The first-order chi connectivity index (χ1) is 18.3. The molecule has 0 atom stereocenters. The third-order valence-corrected chi connectivity index (χ3v) is 5.72. The number of esters is 1. The van der Waals surface area contributed by atoms with Gasteiger partial charge in [-0.3, -0.25) is 9.59 Å². The molecule has 0 spiro atoms. The number of rotatable bonds is 12. The maximum Gasteiger partial charge on any atom is 0.340 e. The Kier molecular flexibility index (Phi) is 10.3. The number of carbonyl (C=O) groups excluding carboxylic acids is 3. The quantitative estimate of drug-likeness (QED) is 0.336. The van der Waals surface area contributed by atoms with Crippen LogP contribution in [0.2, 0.25) is 0 Å². The summed E-state index contributed by atoms with van der Waals surface area (Å²) in [6.07, 6.45) is 0.273. The van der Waals surface area contributed by atoms with Crippen molar-refractivity contribution in [1.82, 2.24) is 4.90 Å². The number of nitrogens with zero attached hydrogens (tertiary/aromatic N) is 1. The molecule has 0 radical (unpaired) electrons. The van der Waals surface area contributed by atoms with E-state index in [1.165, 1.54) is 26.4 Å². The molecule has 0 aliphatic rings. The van der Waals surface area contributed by atoms with Gasteiger partial charge in [0.05, 0.1) is 25.5 Å². The highest BCUT2D eigenvalue weighted by Crippen LogP contribution is 2.34. The number of carbonyl (C=O) groups is 3. The smallest absolute Gasteiger partial charge is 0.340 e. The average Bonchev–Trinajstić information content (AvgIpc) is 2.91. The number of ether oxygens (including phenoxy) is 3. The highest BCUT2D eigenvalue weighted by atomic mass is 16.5. The zero-order valence-electron chi connectivity index (χ0n) is 22.2. The van der Waals surface area contributed by atoms with Crippen LogP contribution in [-0.4, -0.2) is 43.5 Å². The number of nitrogens with one attached hydrogen (secondary N) is 1. The molecule has 1 N–H and O–H groups in total. The van der Waals surface area contributed by atoms with Crippen LogP contribution < -0.4 is 14.8 Å². The molecule has 0 bridgehead atoms. The van der Waals surface area contributed by atoms with Crippen LogP contribution in [0, 0.1) is 5.92 Å². The van der Waals surface area contributed by atoms with Crippen LogP contribution in [-0.2, 0) is 27.4 Å². The van der Waals surface area contributed by atoms with E-state index in [-0.39, 0.29) is 35.4 Å². The van der Waals surface area contributed by atoms with Crippen molar-refractivity contribution in [3.8, 4) is 11.5 Å². The molecule has 2 amide bonds. The number of hydrogen-bond acceptors (Lipinski definition) is 6. The molecule has 3 aromatic rings. The SMILES string of the molecule is COc1cc(NC(=O)CC(C)C)c(C(=O)OCC(=O)N(Cc2ccccc2)Cc2ccccc2)cc1OC. The first-order valence-corrected chi connectivity index (χ1v) is 12.4. The van der Waals surface area contributed by atoms with Crippen molar-refractivity contribution in [2.75, 3.05) is 26.1 Å². The fraction of sp³-hybridized carbons (Fsp3) is 0.300. The first kappa shape index (κ1) is 28.2. The molecule has 0 aliphatic carbocycles. The minimum Gasteiger partial charge on any atom is -0.493 e. The molecule has 3 rings (SSSR count). The number of benzene rings is 3. The van der Waals surface area contributed by atoms with E-state index in [0.717, 1.165) is 11.1 Å². The highest BCUT2D eigenvalue weighted by molar-refractivity contribution is 6.02. The van der Waals surface area contributed by atoms with Crippen molar-refractivity contribution in [1.29, 1.82) is 0 Å². The summed E-state index contributed by atoms with van der Waals surface area (Å²) in [5.74, 6) is -0.604. The fourth-order valence-corrected chi connectivity index (χ4v) is 3.86. The van der Waals surface area contributed by atoms with Crippen molar-refractivity contribution in [3.05, 3.63) is 89.5 Å². The summed E-state index contributed by atoms with van der Waals surface area (Å²) in [6, 6.07) is 22.2. The van der Waals surface area contributed by atoms with Crippen molar-refractivity contribution in [2.45, 2.75) is 33.4 Å². The van der Waals surface area contributed by atoms with Gasteiger partial charge in [-0.25, -0.2) is 4.79 Å². The fourth-order valence-electron chi connectivity index (χ4n) is 3.86. The zero-order chi connectivity index (χ0) is 27.5.